The van der Waals surface area contributed by atoms with Crippen LogP contribution >= 0.6 is 0 Å². The summed E-state index contributed by atoms with van der Waals surface area (Å²) in [6.45, 7) is 11.0. The average Bonchev–Trinajstić information content (AvgIpc) is 2.02. The summed E-state index contributed by atoms with van der Waals surface area (Å²) in [7, 11) is 0. The summed E-state index contributed by atoms with van der Waals surface area (Å²) < 4.78 is 0. The first-order valence-electron chi connectivity index (χ1n) is 5.78. The van der Waals surface area contributed by atoms with E-state index in [0.29, 0.717) is 0 Å². The van der Waals surface area contributed by atoms with Crippen molar-refractivity contribution in [2.75, 3.05) is 6.54 Å². The summed E-state index contributed by atoms with van der Waals surface area (Å²) in [5, 5.41) is 13.3. The zero-order valence-corrected chi connectivity index (χ0v) is 10.5. The first-order chi connectivity index (χ1) is 6.31. The quantitative estimate of drug-likeness (QED) is 0.621. The highest BCUT2D eigenvalue weighted by atomic mass is 16.3. The Hall–Kier alpha value is -0.0800. The molecule has 2 heteroatoms. The van der Waals surface area contributed by atoms with Crippen molar-refractivity contribution in [2.45, 2.75) is 71.4 Å². The minimum absolute atomic E-state index is 0.209. The Bertz CT molecular complexity index is 147. The summed E-state index contributed by atoms with van der Waals surface area (Å²) in [5.74, 6) is 0. The van der Waals surface area contributed by atoms with E-state index in [2.05, 4.69) is 12.2 Å². The van der Waals surface area contributed by atoms with Gasteiger partial charge < -0.3 is 10.4 Å². The third-order valence-electron chi connectivity index (χ3n) is 3.13. The molecule has 0 atom stereocenters. The second kappa shape index (κ2) is 5.72. The zero-order valence-electron chi connectivity index (χ0n) is 10.5. The van der Waals surface area contributed by atoms with Gasteiger partial charge in [0.25, 0.3) is 0 Å². The van der Waals surface area contributed by atoms with Gasteiger partial charge >= 0.3 is 0 Å². The third kappa shape index (κ3) is 4.97. The predicted molar refractivity (Wildman–Crippen MR) is 62.5 cm³/mol. The van der Waals surface area contributed by atoms with Crippen LogP contribution < -0.4 is 5.32 Å². The van der Waals surface area contributed by atoms with Gasteiger partial charge in [-0.3, -0.25) is 0 Å². The fraction of sp³-hybridized carbons (Fsp3) is 1.00. The molecule has 0 heterocycles. The molecule has 0 aromatic carbocycles. The summed E-state index contributed by atoms with van der Waals surface area (Å²) in [4.78, 5) is 0. The highest BCUT2D eigenvalue weighted by Crippen LogP contribution is 2.20. The zero-order chi connectivity index (χ0) is 11.2. The number of unbranched alkanes of at least 4 members (excludes halogenated alkanes) is 3. The fourth-order valence-electron chi connectivity index (χ4n) is 1.17. The maximum absolute atomic E-state index is 9.89. The summed E-state index contributed by atoms with van der Waals surface area (Å²) in [6, 6.07) is 0. The monoisotopic (exact) mass is 201 g/mol. The lowest BCUT2D eigenvalue weighted by atomic mass is 9.86. The Morgan fingerprint density at radius 1 is 1.00 bits per heavy atom. The van der Waals surface area contributed by atoms with Gasteiger partial charge in [-0.05, 0) is 40.7 Å². The van der Waals surface area contributed by atoms with Gasteiger partial charge in [-0.2, -0.15) is 0 Å². The van der Waals surface area contributed by atoms with Gasteiger partial charge in [0.05, 0.1) is 5.60 Å². The van der Waals surface area contributed by atoms with E-state index >= 15 is 0 Å². The summed E-state index contributed by atoms with van der Waals surface area (Å²) in [6.07, 6.45) is 5.07. The van der Waals surface area contributed by atoms with Crippen molar-refractivity contribution < 1.29 is 5.11 Å². The number of aliphatic hydroxyl groups is 1. The molecule has 0 fully saturated rings. The predicted octanol–water partition coefficient (Wildman–Crippen LogP) is 2.71. The van der Waals surface area contributed by atoms with Gasteiger partial charge in [-0.25, -0.2) is 0 Å². The molecule has 0 aliphatic heterocycles. The Kier molecular flexibility index (Phi) is 5.68. The molecule has 0 aromatic heterocycles. The lowest BCUT2D eigenvalue weighted by molar-refractivity contribution is -0.00441. The first-order valence-corrected chi connectivity index (χ1v) is 5.78. The Morgan fingerprint density at radius 3 is 2.00 bits per heavy atom. The SMILES string of the molecule is CCCCCCNC(C)(C)C(C)(C)O. The van der Waals surface area contributed by atoms with E-state index in [1.807, 2.05) is 27.7 Å². The highest BCUT2D eigenvalue weighted by molar-refractivity contribution is 4.93. The molecule has 0 radical (unpaired) electrons. The van der Waals surface area contributed by atoms with Crippen molar-refractivity contribution in [3.8, 4) is 0 Å². The second-order valence-electron chi connectivity index (χ2n) is 5.17. The minimum atomic E-state index is -0.669. The molecular weight excluding hydrogens is 174 g/mol. The van der Waals surface area contributed by atoms with Crippen LogP contribution in [0.3, 0.4) is 0 Å². The van der Waals surface area contributed by atoms with Gasteiger partial charge in [0.2, 0.25) is 0 Å². The first kappa shape index (κ1) is 13.9. The van der Waals surface area contributed by atoms with Crippen molar-refractivity contribution in [3.63, 3.8) is 0 Å². The van der Waals surface area contributed by atoms with Gasteiger partial charge in [-0.1, -0.05) is 26.2 Å². The smallest absolute Gasteiger partial charge is 0.0767 e. The third-order valence-corrected chi connectivity index (χ3v) is 3.13. The molecule has 0 aliphatic rings. The van der Waals surface area contributed by atoms with Gasteiger partial charge in [0, 0.05) is 5.54 Å². The lowest BCUT2D eigenvalue weighted by Crippen LogP contribution is -2.56. The average molecular weight is 201 g/mol. The highest BCUT2D eigenvalue weighted by Gasteiger charge is 2.33. The number of nitrogens with one attached hydrogen (secondary N) is 1. The van der Waals surface area contributed by atoms with E-state index in [0.717, 1.165) is 6.54 Å². The normalized spacial score (nSPS) is 13.3. The lowest BCUT2D eigenvalue weighted by Gasteiger charge is -2.38. The molecule has 14 heavy (non-hydrogen) atoms. The van der Waals surface area contributed by atoms with Crippen molar-refractivity contribution in [2.24, 2.45) is 0 Å². The fourth-order valence-corrected chi connectivity index (χ4v) is 1.17. The number of hydrogen-bond donors (Lipinski definition) is 2. The Morgan fingerprint density at radius 2 is 1.57 bits per heavy atom. The molecule has 0 rings (SSSR count). The molecule has 0 amide bonds. The van der Waals surface area contributed by atoms with Gasteiger partial charge in [0.1, 0.15) is 0 Å². The van der Waals surface area contributed by atoms with Crippen LogP contribution in [0.25, 0.3) is 0 Å². The van der Waals surface area contributed by atoms with Crippen LogP contribution in [0.1, 0.15) is 60.3 Å². The van der Waals surface area contributed by atoms with E-state index in [9.17, 15) is 5.11 Å². The number of rotatable bonds is 7. The molecule has 0 saturated carbocycles. The molecule has 2 N–H and O–H groups in total. The van der Waals surface area contributed by atoms with Gasteiger partial charge in [-0.15, -0.1) is 0 Å². The molecule has 86 valence electrons. The second-order valence-corrected chi connectivity index (χ2v) is 5.17. The van der Waals surface area contributed by atoms with Crippen LogP contribution in [-0.2, 0) is 0 Å². The van der Waals surface area contributed by atoms with Crippen molar-refractivity contribution >= 4 is 0 Å². The van der Waals surface area contributed by atoms with E-state index in [4.69, 9.17) is 0 Å². The van der Waals surface area contributed by atoms with Crippen LogP contribution in [0.15, 0.2) is 0 Å². The molecular formula is C12H27NO. The summed E-state index contributed by atoms with van der Waals surface area (Å²) >= 11 is 0. The van der Waals surface area contributed by atoms with Crippen molar-refractivity contribution in [3.05, 3.63) is 0 Å². The van der Waals surface area contributed by atoms with Crippen molar-refractivity contribution in [1.82, 2.24) is 5.32 Å². The van der Waals surface area contributed by atoms with E-state index in [1.165, 1.54) is 25.7 Å². The largest absolute Gasteiger partial charge is 0.389 e. The molecule has 2 nitrogen and oxygen atoms in total. The standard InChI is InChI=1S/C12H27NO/c1-6-7-8-9-10-13-11(2,3)12(4,5)14/h13-14H,6-10H2,1-5H3. The molecule has 0 saturated heterocycles. The van der Waals surface area contributed by atoms with Gasteiger partial charge in [0.15, 0.2) is 0 Å². The Labute approximate surface area is 89.1 Å². The van der Waals surface area contributed by atoms with Crippen LogP contribution in [-0.4, -0.2) is 22.8 Å². The van der Waals surface area contributed by atoms with Crippen LogP contribution in [0, 0.1) is 0 Å². The summed E-state index contributed by atoms with van der Waals surface area (Å²) in [5.41, 5.74) is -0.878. The Balaban J connectivity index is 3.67. The van der Waals surface area contributed by atoms with Crippen LogP contribution in [0.5, 0.6) is 0 Å². The number of hydrogen-bond acceptors (Lipinski definition) is 2. The van der Waals surface area contributed by atoms with E-state index in [1.54, 1.807) is 0 Å². The maximum Gasteiger partial charge on any atom is 0.0767 e. The van der Waals surface area contributed by atoms with Crippen LogP contribution in [0.4, 0.5) is 0 Å². The minimum Gasteiger partial charge on any atom is -0.389 e. The molecule has 0 aliphatic carbocycles. The molecule has 0 bridgehead atoms. The maximum atomic E-state index is 9.89. The van der Waals surface area contributed by atoms with Crippen molar-refractivity contribution in [1.29, 1.82) is 0 Å². The van der Waals surface area contributed by atoms with E-state index < -0.39 is 5.60 Å². The molecule has 0 unspecified atom stereocenters. The molecule has 0 aromatic rings. The topological polar surface area (TPSA) is 32.3 Å². The van der Waals surface area contributed by atoms with E-state index in [-0.39, 0.29) is 5.54 Å². The molecule has 0 spiro atoms. The van der Waals surface area contributed by atoms with Crippen LogP contribution in [0.2, 0.25) is 0 Å².